The van der Waals surface area contributed by atoms with Crippen LogP contribution in [0.4, 0.5) is 0 Å². The summed E-state index contributed by atoms with van der Waals surface area (Å²) in [6.07, 6.45) is 0. The van der Waals surface area contributed by atoms with Crippen LogP contribution in [-0.2, 0) is 9.59 Å². The smallest absolute Gasteiger partial charge is 0.258 e. The van der Waals surface area contributed by atoms with Crippen molar-refractivity contribution >= 4 is 45.6 Å². The molecule has 29 heavy (non-hydrogen) atoms. The summed E-state index contributed by atoms with van der Waals surface area (Å²) in [5, 5.41) is 17.1. The molecule has 2 aliphatic rings. The first-order valence-electron chi connectivity index (χ1n) is 8.87. The molecule has 2 heterocycles. The molecule has 0 bridgehead atoms. The van der Waals surface area contributed by atoms with Gasteiger partial charge in [0.2, 0.25) is 0 Å². The van der Waals surface area contributed by atoms with Gasteiger partial charge in [-0.1, -0.05) is 41.9 Å². The highest BCUT2D eigenvalue weighted by Crippen LogP contribution is 2.38. The van der Waals surface area contributed by atoms with Gasteiger partial charge < -0.3 is 10.6 Å². The number of carbonyl (C=O) groups is 2. The first-order chi connectivity index (χ1) is 14.0. The predicted octanol–water partition coefficient (Wildman–Crippen LogP) is 3.75. The molecule has 138 valence electrons. The van der Waals surface area contributed by atoms with Gasteiger partial charge in [-0.05, 0) is 52.2 Å². The molecule has 0 atom stereocenters. The molecule has 5 rings (SSSR count). The molecule has 0 aromatic heterocycles. The maximum atomic E-state index is 12.7. The van der Waals surface area contributed by atoms with Crippen LogP contribution < -0.4 is 10.6 Å². The van der Waals surface area contributed by atoms with Gasteiger partial charge in [0, 0.05) is 5.02 Å². The van der Waals surface area contributed by atoms with E-state index in [4.69, 9.17) is 16.9 Å². The minimum atomic E-state index is -0.321. The van der Waals surface area contributed by atoms with Gasteiger partial charge in [0.15, 0.2) is 0 Å². The van der Waals surface area contributed by atoms with Crippen molar-refractivity contribution in [2.75, 3.05) is 0 Å². The first-order valence-corrected chi connectivity index (χ1v) is 9.25. The maximum absolute atomic E-state index is 12.7. The van der Waals surface area contributed by atoms with E-state index < -0.39 is 0 Å². The third-order valence-electron chi connectivity index (χ3n) is 5.07. The molecule has 5 nitrogen and oxygen atoms in total. The number of hydrogen-bond acceptors (Lipinski definition) is 3. The molecule has 0 saturated heterocycles. The zero-order valence-corrected chi connectivity index (χ0v) is 15.7. The summed E-state index contributed by atoms with van der Waals surface area (Å²) in [6.45, 7) is 0. The van der Waals surface area contributed by atoms with Crippen LogP contribution in [0.3, 0.4) is 0 Å². The number of benzene rings is 3. The van der Waals surface area contributed by atoms with E-state index in [0.29, 0.717) is 38.7 Å². The fourth-order valence-corrected chi connectivity index (χ4v) is 3.83. The van der Waals surface area contributed by atoms with Crippen molar-refractivity contribution in [3.05, 3.63) is 93.5 Å². The van der Waals surface area contributed by atoms with Gasteiger partial charge in [-0.3, -0.25) is 9.59 Å². The molecular formula is C23H12ClN3O2. The third-order valence-corrected chi connectivity index (χ3v) is 5.32. The van der Waals surface area contributed by atoms with Crippen LogP contribution >= 0.6 is 11.6 Å². The monoisotopic (exact) mass is 397 g/mol. The summed E-state index contributed by atoms with van der Waals surface area (Å²) in [6, 6.07) is 20.1. The second kappa shape index (κ2) is 6.33. The Bertz CT molecular complexity index is 1340. The molecule has 0 spiro atoms. The lowest BCUT2D eigenvalue weighted by atomic mass is 9.99. The average molecular weight is 398 g/mol. The molecule has 3 aromatic rings. The van der Waals surface area contributed by atoms with Crippen molar-refractivity contribution in [3.63, 3.8) is 0 Å². The Morgan fingerprint density at radius 2 is 1.28 bits per heavy atom. The normalized spacial score (nSPS) is 15.4. The number of carbonyl (C=O) groups excluding carboxylic acids is 2. The van der Waals surface area contributed by atoms with E-state index in [1.807, 2.05) is 24.3 Å². The number of hydrogen-bond donors (Lipinski definition) is 2. The predicted molar refractivity (Wildman–Crippen MR) is 110 cm³/mol. The van der Waals surface area contributed by atoms with Gasteiger partial charge in [0.25, 0.3) is 11.8 Å². The van der Waals surface area contributed by atoms with Crippen LogP contribution in [0.1, 0.15) is 16.7 Å². The molecule has 3 aromatic carbocycles. The lowest BCUT2D eigenvalue weighted by molar-refractivity contribution is -0.117. The van der Waals surface area contributed by atoms with Crippen LogP contribution in [0.2, 0.25) is 5.02 Å². The summed E-state index contributed by atoms with van der Waals surface area (Å²) < 4.78 is 0. The van der Waals surface area contributed by atoms with Gasteiger partial charge in [-0.2, -0.15) is 5.26 Å². The Hall–Kier alpha value is -3.88. The van der Waals surface area contributed by atoms with Crippen molar-refractivity contribution in [2.45, 2.75) is 0 Å². The van der Waals surface area contributed by atoms with E-state index in [9.17, 15) is 9.59 Å². The lowest BCUT2D eigenvalue weighted by Gasteiger charge is -2.08. The number of fused-ring (bicyclic) bond motifs is 2. The van der Waals surface area contributed by atoms with Crippen LogP contribution in [0.15, 0.2) is 71.8 Å². The number of nitrogens with one attached hydrogen (secondary N) is 2. The SMILES string of the molecule is N#Cc1ccc2cc(C3=C4C(=O)NC(c5ccc(Cl)cc5)=C4C(=O)N3)ccc2c1. The molecule has 0 unspecified atom stereocenters. The summed E-state index contributed by atoms with van der Waals surface area (Å²) in [5.74, 6) is -0.642. The molecule has 2 amide bonds. The van der Waals surface area contributed by atoms with E-state index in [-0.39, 0.29) is 11.8 Å². The standard InChI is InChI=1S/C23H12ClN3O2/c24-17-7-5-13(6-8-17)20-18-19(23(29)26-20)21(27-22(18)28)16-4-3-14-9-12(11-25)1-2-15(14)10-16/h1-10H,(H,26,29)(H,27,28). The van der Waals surface area contributed by atoms with E-state index in [0.717, 1.165) is 16.3 Å². The topological polar surface area (TPSA) is 82.0 Å². The molecule has 0 aliphatic carbocycles. The van der Waals surface area contributed by atoms with Crippen molar-refractivity contribution in [1.82, 2.24) is 10.6 Å². The van der Waals surface area contributed by atoms with Crippen LogP contribution in [-0.4, -0.2) is 11.8 Å². The molecule has 2 N–H and O–H groups in total. The van der Waals surface area contributed by atoms with Gasteiger partial charge in [-0.15, -0.1) is 0 Å². The van der Waals surface area contributed by atoms with Gasteiger partial charge in [0.1, 0.15) is 0 Å². The Morgan fingerprint density at radius 1 is 0.724 bits per heavy atom. The zero-order chi connectivity index (χ0) is 20.1. The van der Waals surface area contributed by atoms with Crippen molar-refractivity contribution in [2.24, 2.45) is 0 Å². The summed E-state index contributed by atoms with van der Waals surface area (Å²) in [7, 11) is 0. The van der Waals surface area contributed by atoms with Crippen LogP contribution in [0.5, 0.6) is 0 Å². The summed E-state index contributed by atoms with van der Waals surface area (Å²) in [4.78, 5) is 25.4. The van der Waals surface area contributed by atoms with E-state index in [2.05, 4.69) is 16.7 Å². The largest absolute Gasteiger partial charge is 0.321 e. The minimum Gasteiger partial charge on any atom is -0.321 e. The fraction of sp³-hybridized carbons (Fsp3) is 0. The van der Waals surface area contributed by atoms with Crippen LogP contribution in [0.25, 0.3) is 22.2 Å². The highest BCUT2D eigenvalue weighted by atomic mass is 35.5. The number of rotatable bonds is 2. The van der Waals surface area contributed by atoms with E-state index >= 15 is 0 Å². The fourth-order valence-electron chi connectivity index (χ4n) is 3.70. The Morgan fingerprint density at radius 3 is 1.93 bits per heavy atom. The summed E-state index contributed by atoms with van der Waals surface area (Å²) in [5.41, 5.74) is 3.67. The Labute approximate surface area is 170 Å². The van der Waals surface area contributed by atoms with Gasteiger partial charge in [-0.25, -0.2) is 0 Å². The Kier molecular flexibility index (Phi) is 3.76. The maximum Gasteiger partial charge on any atom is 0.258 e. The minimum absolute atomic E-state index is 0.321. The number of nitriles is 1. The molecule has 0 fully saturated rings. The number of amides is 2. The third kappa shape index (κ3) is 2.70. The zero-order valence-electron chi connectivity index (χ0n) is 14.9. The second-order valence-electron chi connectivity index (χ2n) is 6.80. The quantitative estimate of drug-likeness (QED) is 0.691. The molecule has 0 radical (unpaired) electrons. The van der Waals surface area contributed by atoms with E-state index in [1.54, 1.807) is 36.4 Å². The van der Waals surface area contributed by atoms with Gasteiger partial charge >= 0.3 is 0 Å². The highest BCUT2D eigenvalue weighted by molar-refractivity contribution is 6.31. The molecule has 0 saturated carbocycles. The molecular weight excluding hydrogens is 386 g/mol. The lowest BCUT2D eigenvalue weighted by Crippen LogP contribution is -2.21. The second-order valence-corrected chi connectivity index (χ2v) is 7.24. The van der Waals surface area contributed by atoms with Crippen molar-refractivity contribution in [1.29, 1.82) is 5.26 Å². The summed E-state index contributed by atoms with van der Waals surface area (Å²) >= 11 is 5.95. The highest BCUT2D eigenvalue weighted by Gasteiger charge is 2.40. The van der Waals surface area contributed by atoms with Crippen molar-refractivity contribution < 1.29 is 9.59 Å². The Balaban J connectivity index is 1.66. The number of halogens is 1. The van der Waals surface area contributed by atoms with Crippen LogP contribution in [0, 0.1) is 11.3 Å². The first kappa shape index (κ1) is 17.2. The average Bonchev–Trinajstić information content (AvgIpc) is 3.26. The van der Waals surface area contributed by atoms with Crippen molar-refractivity contribution in [3.8, 4) is 6.07 Å². The molecule has 2 aliphatic heterocycles. The number of nitrogens with zero attached hydrogens (tertiary/aromatic N) is 1. The van der Waals surface area contributed by atoms with E-state index in [1.165, 1.54) is 0 Å². The van der Waals surface area contributed by atoms with Gasteiger partial charge in [0.05, 0.1) is 34.2 Å². The molecule has 6 heteroatoms.